The van der Waals surface area contributed by atoms with Gasteiger partial charge in [-0.25, -0.2) is 9.97 Å². The molecule has 3 aromatic rings. The number of anilines is 1. The molecule has 1 saturated heterocycles. The highest BCUT2D eigenvalue weighted by Crippen LogP contribution is 2.28. The first kappa shape index (κ1) is 18.0. The van der Waals surface area contributed by atoms with Crippen LogP contribution in [-0.4, -0.2) is 65.2 Å². The number of amides is 1. The quantitative estimate of drug-likeness (QED) is 0.614. The van der Waals surface area contributed by atoms with Crippen LogP contribution in [0.5, 0.6) is 0 Å². The third-order valence-electron chi connectivity index (χ3n) is 4.70. The Morgan fingerprint density at radius 3 is 2.67 bits per heavy atom. The summed E-state index contributed by atoms with van der Waals surface area (Å²) in [6.45, 7) is 3.76. The van der Waals surface area contributed by atoms with Crippen molar-refractivity contribution < 1.29 is 13.9 Å². The average Bonchev–Trinajstić information content (AvgIpc) is 3.22. The van der Waals surface area contributed by atoms with Gasteiger partial charge in [0.15, 0.2) is 10.3 Å². The van der Waals surface area contributed by atoms with E-state index in [1.807, 2.05) is 21.6 Å². The summed E-state index contributed by atoms with van der Waals surface area (Å²) in [6.07, 6.45) is 3.46. The van der Waals surface area contributed by atoms with Crippen molar-refractivity contribution in [1.82, 2.24) is 19.4 Å². The Balaban J connectivity index is 1.52. The number of fused-ring (bicyclic) bond motifs is 1. The summed E-state index contributed by atoms with van der Waals surface area (Å²) in [5.41, 5.74) is 2.20. The molecular weight excluding hydrogens is 414 g/mol. The lowest BCUT2D eigenvalue weighted by molar-refractivity contribution is 0.0733. The van der Waals surface area contributed by atoms with Gasteiger partial charge in [0.05, 0.1) is 12.1 Å². The topological polar surface area (TPSA) is 76.6 Å². The molecular formula is C18H20BrN5O3. The molecule has 0 atom stereocenters. The first-order valence-electron chi connectivity index (χ1n) is 8.76. The van der Waals surface area contributed by atoms with E-state index in [0.717, 1.165) is 5.52 Å². The number of furan rings is 1. The van der Waals surface area contributed by atoms with E-state index in [9.17, 15) is 4.79 Å². The maximum Gasteiger partial charge on any atom is 0.270 e. The van der Waals surface area contributed by atoms with Crippen LogP contribution in [0, 0.1) is 0 Å². The smallest absolute Gasteiger partial charge is 0.270 e. The van der Waals surface area contributed by atoms with Crippen molar-refractivity contribution in [1.29, 1.82) is 0 Å². The Hall–Kier alpha value is -2.39. The van der Waals surface area contributed by atoms with E-state index in [1.54, 1.807) is 25.6 Å². The van der Waals surface area contributed by atoms with Gasteiger partial charge in [-0.1, -0.05) is 0 Å². The second-order valence-corrected chi connectivity index (χ2v) is 7.08. The minimum atomic E-state index is 0.00209. The molecule has 4 rings (SSSR count). The Morgan fingerprint density at radius 1 is 1.22 bits per heavy atom. The number of aromatic nitrogens is 3. The fraction of sp³-hybridized carbons (Fsp3) is 0.389. The minimum Gasteiger partial charge on any atom is -0.448 e. The molecule has 1 aliphatic rings. The molecule has 27 heavy (non-hydrogen) atoms. The summed E-state index contributed by atoms with van der Waals surface area (Å²) >= 11 is 3.35. The summed E-state index contributed by atoms with van der Waals surface area (Å²) in [4.78, 5) is 25.7. The van der Waals surface area contributed by atoms with Gasteiger partial charge in [0.2, 0.25) is 5.95 Å². The van der Waals surface area contributed by atoms with Crippen LogP contribution in [-0.2, 0) is 11.3 Å². The van der Waals surface area contributed by atoms with Crippen LogP contribution in [0.1, 0.15) is 10.5 Å². The zero-order valence-electron chi connectivity index (χ0n) is 15.0. The number of nitrogens with zero attached hydrogens (tertiary/aromatic N) is 5. The van der Waals surface area contributed by atoms with Crippen molar-refractivity contribution in [2.45, 2.75) is 6.54 Å². The number of carbonyl (C=O) groups is 1. The van der Waals surface area contributed by atoms with Crippen LogP contribution < -0.4 is 4.90 Å². The highest BCUT2D eigenvalue weighted by Gasteiger charge is 2.27. The molecule has 0 bridgehead atoms. The van der Waals surface area contributed by atoms with Crippen LogP contribution in [0.4, 0.5) is 5.95 Å². The van der Waals surface area contributed by atoms with Crippen LogP contribution >= 0.6 is 15.9 Å². The van der Waals surface area contributed by atoms with Crippen LogP contribution in [0.25, 0.3) is 11.1 Å². The molecule has 142 valence electrons. The van der Waals surface area contributed by atoms with Gasteiger partial charge in [-0.05, 0) is 22.0 Å². The minimum absolute atomic E-state index is 0.00209. The Labute approximate surface area is 164 Å². The fourth-order valence-electron chi connectivity index (χ4n) is 3.34. The molecule has 0 unspecified atom stereocenters. The predicted octanol–water partition coefficient (Wildman–Crippen LogP) is 2.40. The molecule has 0 spiro atoms. The second kappa shape index (κ2) is 7.69. The third-order valence-corrected chi connectivity index (χ3v) is 5.09. The summed E-state index contributed by atoms with van der Waals surface area (Å²) in [5, 5.41) is 0. The summed E-state index contributed by atoms with van der Waals surface area (Å²) < 4.78 is 13.5. The van der Waals surface area contributed by atoms with E-state index < -0.39 is 0 Å². The van der Waals surface area contributed by atoms with Crippen molar-refractivity contribution in [3.63, 3.8) is 0 Å². The molecule has 4 heterocycles. The van der Waals surface area contributed by atoms with Gasteiger partial charge in [0, 0.05) is 64.4 Å². The Morgan fingerprint density at radius 2 is 1.96 bits per heavy atom. The zero-order valence-corrected chi connectivity index (χ0v) is 16.6. The van der Waals surface area contributed by atoms with E-state index >= 15 is 0 Å². The van der Waals surface area contributed by atoms with E-state index in [1.165, 1.54) is 0 Å². The number of hydrogen-bond acceptors (Lipinski definition) is 6. The number of rotatable bonds is 5. The van der Waals surface area contributed by atoms with E-state index in [0.29, 0.717) is 61.2 Å². The lowest BCUT2D eigenvalue weighted by Gasteiger charge is -2.34. The normalized spacial score (nSPS) is 14.9. The monoisotopic (exact) mass is 433 g/mol. The second-order valence-electron chi connectivity index (χ2n) is 6.30. The van der Waals surface area contributed by atoms with Crippen molar-refractivity contribution in [3.05, 3.63) is 41.0 Å². The number of halogens is 1. The molecule has 1 aliphatic heterocycles. The number of carbonyl (C=O) groups excluding carboxylic acids is 1. The molecule has 1 fully saturated rings. The third kappa shape index (κ3) is 3.57. The first-order valence-corrected chi connectivity index (χ1v) is 9.55. The van der Waals surface area contributed by atoms with E-state index in [4.69, 9.17) is 9.15 Å². The van der Waals surface area contributed by atoms with Gasteiger partial charge < -0.3 is 23.5 Å². The molecule has 0 aromatic carbocycles. The highest BCUT2D eigenvalue weighted by molar-refractivity contribution is 9.10. The van der Waals surface area contributed by atoms with Crippen molar-refractivity contribution in [3.8, 4) is 0 Å². The summed E-state index contributed by atoms with van der Waals surface area (Å²) in [5.74, 6) is 0.706. The number of methoxy groups -OCH3 is 1. The zero-order chi connectivity index (χ0) is 18.8. The number of ether oxygens (including phenoxy) is 1. The van der Waals surface area contributed by atoms with Crippen LogP contribution in [0.2, 0.25) is 0 Å². The first-order chi connectivity index (χ1) is 13.2. The van der Waals surface area contributed by atoms with Crippen LogP contribution in [0.3, 0.4) is 0 Å². The van der Waals surface area contributed by atoms with E-state index in [2.05, 4.69) is 30.8 Å². The highest BCUT2D eigenvalue weighted by atomic mass is 79.9. The van der Waals surface area contributed by atoms with Gasteiger partial charge in [0.25, 0.3) is 5.91 Å². The maximum absolute atomic E-state index is 13.1. The predicted molar refractivity (Wildman–Crippen MR) is 104 cm³/mol. The van der Waals surface area contributed by atoms with Gasteiger partial charge in [-0.15, -0.1) is 0 Å². The molecule has 0 radical (unpaired) electrons. The Bertz CT molecular complexity index is 931. The largest absolute Gasteiger partial charge is 0.448 e. The molecule has 9 heteroatoms. The SMILES string of the molecule is COCCn1c(C(=O)N2CCN(c3ncccn3)CC2)cc2oc(Br)cc21. The molecule has 3 aromatic heterocycles. The molecule has 0 N–H and O–H groups in total. The van der Waals surface area contributed by atoms with Crippen LogP contribution in [0.15, 0.2) is 39.7 Å². The summed E-state index contributed by atoms with van der Waals surface area (Å²) in [7, 11) is 1.65. The summed E-state index contributed by atoms with van der Waals surface area (Å²) in [6, 6.07) is 5.49. The maximum atomic E-state index is 13.1. The Kier molecular flexibility index (Phi) is 5.13. The van der Waals surface area contributed by atoms with Crippen molar-refractivity contribution >= 4 is 38.9 Å². The molecule has 0 saturated carbocycles. The number of piperazine rings is 1. The molecule has 0 aliphatic carbocycles. The van der Waals surface area contributed by atoms with Gasteiger partial charge in [-0.3, -0.25) is 4.79 Å². The molecule has 1 amide bonds. The molecule has 8 nitrogen and oxygen atoms in total. The van der Waals surface area contributed by atoms with Gasteiger partial charge in [0.1, 0.15) is 5.69 Å². The average molecular weight is 434 g/mol. The lowest BCUT2D eigenvalue weighted by atomic mass is 10.3. The van der Waals surface area contributed by atoms with Crippen molar-refractivity contribution in [2.75, 3.05) is 44.8 Å². The van der Waals surface area contributed by atoms with E-state index in [-0.39, 0.29) is 5.91 Å². The lowest BCUT2D eigenvalue weighted by Crippen LogP contribution is -2.49. The van der Waals surface area contributed by atoms with Gasteiger partial charge in [-0.2, -0.15) is 0 Å². The van der Waals surface area contributed by atoms with Gasteiger partial charge >= 0.3 is 0 Å². The van der Waals surface area contributed by atoms with Crippen molar-refractivity contribution in [2.24, 2.45) is 0 Å². The fourth-order valence-corrected chi connectivity index (χ4v) is 3.73. The standard InChI is InChI=1S/C18H20BrN5O3/c1-26-10-9-24-13-12-16(19)27-15(13)11-14(24)17(25)22-5-7-23(8-6-22)18-20-3-2-4-21-18/h2-4,11-12H,5-10H2,1H3. The number of hydrogen-bond donors (Lipinski definition) is 0.